The SMILES string of the molecule is C[C@@H](C(=O)Nc1ccc(F)c(F)c1)[NH+]1CC=C(c2ccccc2)CC1. The fraction of sp³-hybridized carbons (Fsp3) is 0.250. The minimum Gasteiger partial charge on any atom is -0.321 e. The summed E-state index contributed by atoms with van der Waals surface area (Å²) < 4.78 is 26.2. The predicted molar refractivity (Wildman–Crippen MR) is 94.2 cm³/mol. The number of amides is 1. The van der Waals surface area contributed by atoms with Crippen molar-refractivity contribution < 1.29 is 18.5 Å². The third-order valence-corrected chi connectivity index (χ3v) is 4.66. The minimum atomic E-state index is -0.966. The minimum absolute atomic E-state index is 0.197. The van der Waals surface area contributed by atoms with Crippen LogP contribution in [0.15, 0.2) is 54.6 Å². The first-order valence-corrected chi connectivity index (χ1v) is 8.39. The van der Waals surface area contributed by atoms with Crippen molar-refractivity contribution in [3.63, 3.8) is 0 Å². The molecule has 2 aromatic rings. The van der Waals surface area contributed by atoms with Gasteiger partial charge < -0.3 is 10.2 Å². The van der Waals surface area contributed by atoms with E-state index < -0.39 is 11.6 Å². The van der Waals surface area contributed by atoms with E-state index in [1.54, 1.807) is 0 Å². The lowest BCUT2D eigenvalue weighted by atomic mass is 9.99. The molecule has 0 spiro atoms. The van der Waals surface area contributed by atoms with E-state index in [9.17, 15) is 13.6 Å². The Bertz CT molecular complexity index is 790. The van der Waals surface area contributed by atoms with Crippen LogP contribution in [0.4, 0.5) is 14.5 Å². The molecule has 2 atom stereocenters. The van der Waals surface area contributed by atoms with Crippen LogP contribution in [0.5, 0.6) is 0 Å². The highest BCUT2D eigenvalue weighted by Gasteiger charge is 2.27. The van der Waals surface area contributed by atoms with E-state index in [-0.39, 0.29) is 17.6 Å². The molecule has 0 fully saturated rings. The molecule has 130 valence electrons. The van der Waals surface area contributed by atoms with E-state index in [2.05, 4.69) is 23.5 Å². The fourth-order valence-corrected chi connectivity index (χ4v) is 3.07. The quantitative estimate of drug-likeness (QED) is 0.879. The molecule has 25 heavy (non-hydrogen) atoms. The van der Waals surface area contributed by atoms with Crippen LogP contribution in [0.25, 0.3) is 5.57 Å². The first kappa shape index (κ1) is 17.3. The van der Waals surface area contributed by atoms with Crippen LogP contribution in [0.2, 0.25) is 0 Å². The van der Waals surface area contributed by atoms with Crippen molar-refractivity contribution in [1.29, 1.82) is 0 Å². The van der Waals surface area contributed by atoms with Crippen molar-refractivity contribution in [1.82, 2.24) is 0 Å². The maximum absolute atomic E-state index is 13.3. The van der Waals surface area contributed by atoms with Gasteiger partial charge in [0.15, 0.2) is 17.7 Å². The van der Waals surface area contributed by atoms with Crippen LogP contribution in [0, 0.1) is 11.6 Å². The zero-order valence-corrected chi connectivity index (χ0v) is 14.1. The van der Waals surface area contributed by atoms with Gasteiger partial charge in [0.1, 0.15) is 0 Å². The maximum atomic E-state index is 13.3. The van der Waals surface area contributed by atoms with Crippen molar-refractivity contribution in [3.05, 3.63) is 71.8 Å². The van der Waals surface area contributed by atoms with Crippen LogP contribution in [0.3, 0.4) is 0 Å². The number of hydrogen-bond acceptors (Lipinski definition) is 1. The van der Waals surface area contributed by atoms with Gasteiger partial charge in [-0.1, -0.05) is 30.3 Å². The van der Waals surface area contributed by atoms with Gasteiger partial charge in [-0.15, -0.1) is 0 Å². The van der Waals surface area contributed by atoms with E-state index in [0.717, 1.165) is 36.5 Å². The van der Waals surface area contributed by atoms with E-state index in [4.69, 9.17) is 0 Å². The molecule has 2 N–H and O–H groups in total. The van der Waals surface area contributed by atoms with Gasteiger partial charge in [-0.25, -0.2) is 8.78 Å². The molecule has 0 saturated heterocycles. The molecule has 3 nitrogen and oxygen atoms in total. The van der Waals surface area contributed by atoms with Gasteiger partial charge in [-0.2, -0.15) is 0 Å². The summed E-state index contributed by atoms with van der Waals surface area (Å²) in [7, 11) is 0. The number of quaternary nitrogens is 1. The molecule has 1 amide bonds. The first-order valence-electron chi connectivity index (χ1n) is 8.39. The summed E-state index contributed by atoms with van der Waals surface area (Å²) in [6.07, 6.45) is 3.08. The van der Waals surface area contributed by atoms with Crippen molar-refractivity contribution in [2.45, 2.75) is 19.4 Å². The van der Waals surface area contributed by atoms with Crippen LogP contribution in [-0.2, 0) is 4.79 Å². The van der Waals surface area contributed by atoms with Gasteiger partial charge in [0.05, 0.1) is 13.1 Å². The Morgan fingerprint density at radius 2 is 1.88 bits per heavy atom. The normalized spacial score (nSPS) is 18.4. The fourth-order valence-electron chi connectivity index (χ4n) is 3.07. The molecule has 1 heterocycles. The topological polar surface area (TPSA) is 33.5 Å². The van der Waals surface area contributed by atoms with E-state index >= 15 is 0 Å². The van der Waals surface area contributed by atoms with Gasteiger partial charge in [-0.3, -0.25) is 4.79 Å². The Hall–Kier alpha value is -2.53. The van der Waals surface area contributed by atoms with E-state index in [1.165, 1.54) is 17.2 Å². The maximum Gasteiger partial charge on any atom is 0.282 e. The Morgan fingerprint density at radius 1 is 1.12 bits per heavy atom. The summed E-state index contributed by atoms with van der Waals surface area (Å²) in [5.74, 6) is -2.09. The number of carbonyl (C=O) groups is 1. The zero-order valence-electron chi connectivity index (χ0n) is 14.1. The first-order chi connectivity index (χ1) is 12.0. The van der Waals surface area contributed by atoms with Gasteiger partial charge in [-0.05, 0) is 36.3 Å². The van der Waals surface area contributed by atoms with Crippen LogP contribution >= 0.6 is 0 Å². The van der Waals surface area contributed by atoms with Crippen LogP contribution < -0.4 is 10.2 Å². The molecule has 0 saturated carbocycles. The highest BCUT2D eigenvalue weighted by molar-refractivity contribution is 5.93. The summed E-state index contributed by atoms with van der Waals surface area (Å²) >= 11 is 0. The summed E-state index contributed by atoms with van der Waals surface area (Å²) in [6.45, 7) is 3.47. The molecule has 1 unspecified atom stereocenters. The number of benzene rings is 2. The number of halogens is 2. The molecule has 2 aromatic carbocycles. The highest BCUT2D eigenvalue weighted by Crippen LogP contribution is 2.18. The van der Waals surface area contributed by atoms with Crippen molar-refractivity contribution in [2.75, 3.05) is 18.4 Å². The Kier molecular flexibility index (Phi) is 5.24. The highest BCUT2D eigenvalue weighted by atomic mass is 19.2. The number of nitrogens with one attached hydrogen (secondary N) is 2. The summed E-state index contributed by atoms with van der Waals surface area (Å²) in [4.78, 5) is 13.5. The third-order valence-electron chi connectivity index (χ3n) is 4.66. The largest absolute Gasteiger partial charge is 0.321 e. The Balaban J connectivity index is 1.61. The van der Waals surface area contributed by atoms with Crippen molar-refractivity contribution in [3.8, 4) is 0 Å². The summed E-state index contributed by atoms with van der Waals surface area (Å²) in [5, 5.41) is 2.66. The molecule has 1 aliphatic heterocycles. The second-order valence-electron chi connectivity index (χ2n) is 6.30. The number of anilines is 1. The number of hydrogen-bond donors (Lipinski definition) is 2. The summed E-state index contributed by atoms with van der Waals surface area (Å²) in [6, 6.07) is 13.3. The van der Waals surface area contributed by atoms with Crippen molar-refractivity contribution in [2.24, 2.45) is 0 Å². The average molecular weight is 343 g/mol. The van der Waals surface area contributed by atoms with Crippen molar-refractivity contribution >= 4 is 17.2 Å². The average Bonchev–Trinajstić information content (AvgIpc) is 2.65. The van der Waals surface area contributed by atoms with E-state index in [1.807, 2.05) is 25.1 Å². The van der Waals surface area contributed by atoms with E-state index in [0.29, 0.717) is 0 Å². The predicted octanol–water partition coefficient (Wildman–Crippen LogP) is 2.66. The van der Waals surface area contributed by atoms with Gasteiger partial charge >= 0.3 is 0 Å². The second-order valence-corrected chi connectivity index (χ2v) is 6.30. The van der Waals surface area contributed by atoms with Gasteiger partial charge in [0.25, 0.3) is 5.91 Å². The monoisotopic (exact) mass is 343 g/mol. The molecule has 3 rings (SSSR count). The molecular formula is C20H21F2N2O+. The van der Waals surface area contributed by atoms with Gasteiger partial charge in [0.2, 0.25) is 0 Å². The zero-order chi connectivity index (χ0) is 17.8. The van der Waals surface area contributed by atoms with Crippen LogP contribution in [-0.4, -0.2) is 25.0 Å². The smallest absolute Gasteiger partial charge is 0.282 e. The number of rotatable bonds is 4. The Labute approximate surface area is 146 Å². The molecule has 0 aromatic heterocycles. The molecule has 0 radical (unpaired) electrons. The third kappa shape index (κ3) is 4.12. The molecule has 1 aliphatic rings. The molecule has 0 aliphatic carbocycles. The lowest BCUT2D eigenvalue weighted by Crippen LogP contribution is -3.17. The second kappa shape index (κ2) is 7.57. The molecular weight excluding hydrogens is 322 g/mol. The summed E-state index contributed by atoms with van der Waals surface area (Å²) in [5.41, 5.74) is 2.80. The molecule has 5 heteroatoms. The lowest BCUT2D eigenvalue weighted by molar-refractivity contribution is -0.909. The Morgan fingerprint density at radius 3 is 2.52 bits per heavy atom. The molecule has 0 bridgehead atoms. The van der Waals surface area contributed by atoms with Gasteiger partial charge in [0, 0.05) is 18.2 Å². The number of carbonyl (C=O) groups excluding carboxylic acids is 1. The standard InChI is InChI=1S/C20H20F2N2O/c1-14(20(25)23-17-7-8-18(21)19(22)13-17)24-11-9-16(10-12-24)15-5-3-2-4-6-15/h2-9,13-14H,10-12H2,1H3,(H,23,25)/p+1/t14-/m0/s1. The van der Waals surface area contributed by atoms with Crippen LogP contribution in [0.1, 0.15) is 18.9 Å². The lowest BCUT2D eigenvalue weighted by Gasteiger charge is -2.28.